The summed E-state index contributed by atoms with van der Waals surface area (Å²) in [6.45, 7) is 1.94. The first-order valence-corrected chi connectivity index (χ1v) is 13.7. The Labute approximate surface area is 255 Å². The normalized spacial score (nSPS) is 10.9. The van der Waals surface area contributed by atoms with Gasteiger partial charge in [0.2, 0.25) is 5.88 Å². The first-order chi connectivity index (χ1) is 19.7. The molecule has 5 rings (SSSR count). The van der Waals surface area contributed by atoms with Gasteiger partial charge in [-0.15, -0.1) is 0 Å². The summed E-state index contributed by atoms with van der Waals surface area (Å²) in [6, 6.07) is 22.1. The van der Waals surface area contributed by atoms with E-state index in [1.54, 1.807) is 71.4 Å². The highest BCUT2D eigenvalue weighted by Crippen LogP contribution is 2.33. The highest BCUT2D eigenvalue weighted by atomic mass is 35.5. The van der Waals surface area contributed by atoms with Crippen molar-refractivity contribution < 1.29 is 14.3 Å². The van der Waals surface area contributed by atoms with Crippen molar-refractivity contribution in [3.63, 3.8) is 0 Å². The summed E-state index contributed by atoms with van der Waals surface area (Å²) >= 11 is 24.8. The summed E-state index contributed by atoms with van der Waals surface area (Å²) in [5.74, 6) is -0.974. The molecule has 11 heteroatoms. The van der Waals surface area contributed by atoms with Crippen molar-refractivity contribution in [2.24, 2.45) is 0 Å². The van der Waals surface area contributed by atoms with Crippen molar-refractivity contribution in [3.05, 3.63) is 128 Å². The van der Waals surface area contributed by atoms with E-state index in [0.717, 1.165) is 5.56 Å². The highest BCUT2D eigenvalue weighted by Gasteiger charge is 2.23. The molecule has 0 atom stereocenters. The van der Waals surface area contributed by atoms with Crippen molar-refractivity contribution in [3.8, 4) is 22.8 Å². The lowest BCUT2D eigenvalue weighted by Gasteiger charge is -2.11. The van der Waals surface area contributed by atoms with E-state index in [1.165, 1.54) is 6.20 Å². The summed E-state index contributed by atoms with van der Waals surface area (Å²) in [6.07, 6.45) is 1.48. The molecule has 0 spiro atoms. The van der Waals surface area contributed by atoms with Crippen molar-refractivity contribution in [1.82, 2.24) is 20.1 Å². The van der Waals surface area contributed by atoms with Gasteiger partial charge in [-0.25, -0.2) is 14.5 Å². The van der Waals surface area contributed by atoms with Gasteiger partial charge < -0.3 is 10.1 Å². The van der Waals surface area contributed by atoms with Gasteiger partial charge in [-0.05, 0) is 61.0 Å². The molecule has 3 aromatic carbocycles. The number of nitrogens with one attached hydrogen (secondary N) is 1. The SMILES string of the molecule is Cc1c(C(=O)NCc2ccnc(OC(=O)c3ccccc3Cl)c2)nn(-c2ccc(Cl)cc2Cl)c1-c1ccc(Cl)cc1. The third kappa shape index (κ3) is 6.39. The molecule has 0 saturated heterocycles. The Kier molecular flexibility index (Phi) is 8.61. The minimum atomic E-state index is -0.638. The van der Waals surface area contributed by atoms with Gasteiger partial charge >= 0.3 is 5.97 Å². The van der Waals surface area contributed by atoms with Crippen LogP contribution in [-0.2, 0) is 6.54 Å². The number of ether oxygens (including phenoxy) is 1. The Morgan fingerprint density at radius 2 is 1.61 bits per heavy atom. The van der Waals surface area contributed by atoms with Gasteiger partial charge in [-0.3, -0.25) is 4.79 Å². The molecule has 0 unspecified atom stereocenters. The second-order valence-electron chi connectivity index (χ2n) is 8.89. The number of esters is 1. The Hall–Kier alpha value is -3.88. The van der Waals surface area contributed by atoms with E-state index in [2.05, 4.69) is 15.4 Å². The fourth-order valence-electron chi connectivity index (χ4n) is 4.14. The minimum absolute atomic E-state index is 0.0736. The Morgan fingerprint density at radius 1 is 0.878 bits per heavy atom. The maximum atomic E-state index is 13.4. The molecule has 1 amide bonds. The number of pyridine rings is 1. The maximum absolute atomic E-state index is 13.4. The summed E-state index contributed by atoms with van der Waals surface area (Å²) in [5.41, 5.74) is 3.75. The molecular weight excluding hydrogens is 606 g/mol. The van der Waals surface area contributed by atoms with Crippen LogP contribution in [0.4, 0.5) is 0 Å². The van der Waals surface area contributed by atoms with Gasteiger partial charge in [-0.1, -0.05) is 70.7 Å². The highest BCUT2D eigenvalue weighted by molar-refractivity contribution is 6.36. The molecule has 2 heterocycles. The monoisotopic (exact) mass is 624 g/mol. The average molecular weight is 626 g/mol. The second kappa shape index (κ2) is 12.3. The first-order valence-electron chi connectivity index (χ1n) is 12.2. The van der Waals surface area contributed by atoms with Crippen molar-refractivity contribution >= 4 is 58.3 Å². The number of carbonyl (C=O) groups is 2. The van der Waals surface area contributed by atoms with E-state index in [-0.39, 0.29) is 28.7 Å². The van der Waals surface area contributed by atoms with Crippen LogP contribution in [-0.4, -0.2) is 26.6 Å². The summed E-state index contributed by atoms with van der Waals surface area (Å²) < 4.78 is 7.00. The zero-order valence-electron chi connectivity index (χ0n) is 21.4. The zero-order chi connectivity index (χ0) is 29.1. The Bertz CT molecular complexity index is 1770. The van der Waals surface area contributed by atoms with Crippen LogP contribution in [0.5, 0.6) is 5.88 Å². The van der Waals surface area contributed by atoms with E-state index in [4.69, 9.17) is 51.1 Å². The van der Waals surface area contributed by atoms with Crippen LogP contribution >= 0.6 is 46.4 Å². The largest absolute Gasteiger partial charge is 0.404 e. The van der Waals surface area contributed by atoms with Gasteiger partial charge in [0.15, 0.2) is 5.69 Å². The van der Waals surface area contributed by atoms with Crippen molar-refractivity contribution in [2.45, 2.75) is 13.5 Å². The van der Waals surface area contributed by atoms with Crippen molar-refractivity contribution in [2.75, 3.05) is 0 Å². The molecule has 5 aromatic rings. The van der Waals surface area contributed by atoms with Gasteiger partial charge in [0.05, 0.1) is 27.0 Å². The van der Waals surface area contributed by atoms with Crippen LogP contribution in [0.1, 0.15) is 32.0 Å². The number of hydrogen-bond acceptors (Lipinski definition) is 5. The van der Waals surface area contributed by atoms with Gasteiger partial charge in [0, 0.05) is 40.0 Å². The summed E-state index contributed by atoms with van der Waals surface area (Å²) in [7, 11) is 0. The average Bonchev–Trinajstić information content (AvgIpc) is 3.29. The molecule has 1 N–H and O–H groups in total. The number of hydrogen-bond donors (Lipinski definition) is 1. The molecule has 0 radical (unpaired) electrons. The van der Waals surface area contributed by atoms with Gasteiger partial charge in [0.25, 0.3) is 5.91 Å². The molecule has 2 aromatic heterocycles. The molecule has 0 bridgehead atoms. The van der Waals surface area contributed by atoms with Crippen LogP contribution in [0.3, 0.4) is 0 Å². The fraction of sp³-hybridized carbons (Fsp3) is 0.0667. The van der Waals surface area contributed by atoms with E-state index >= 15 is 0 Å². The molecule has 0 fully saturated rings. The van der Waals surface area contributed by atoms with E-state index in [9.17, 15) is 9.59 Å². The smallest absolute Gasteiger partial charge is 0.346 e. The fourth-order valence-corrected chi connectivity index (χ4v) is 4.97. The number of nitrogens with zero attached hydrogens (tertiary/aromatic N) is 3. The molecule has 0 aliphatic heterocycles. The predicted octanol–water partition coefficient (Wildman–Crippen LogP) is 8.01. The molecule has 206 valence electrons. The van der Waals surface area contributed by atoms with E-state index < -0.39 is 11.9 Å². The third-order valence-electron chi connectivity index (χ3n) is 6.14. The Morgan fingerprint density at radius 3 is 2.34 bits per heavy atom. The summed E-state index contributed by atoms with van der Waals surface area (Å²) in [5, 5.41) is 9.20. The zero-order valence-corrected chi connectivity index (χ0v) is 24.4. The molecule has 7 nitrogen and oxygen atoms in total. The number of rotatable bonds is 7. The molecule has 0 saturated carbocycles. The van der Waals surface area contributed by atoms with Crippen LogP contribution in [0.25, 0.3) is 16.9 Å². The van der Waals surface area contributed by atoms with Crippen LogP contribution < -0.4 is 10.1 Å². The number of carbonyl (C=O) groups excluding carboxylic acids is 2. The first kappa shape index (κ1) is 28.6. The molecule has 0 aliphatic rings. The number of benzene rings is 3. The lowest BCUT2D eigenvalue weighted by molar-refractivity contribution is 0.0727. The summed E-state index contributed by atoms with van der Waals surface area (Å²) in [4.78, 5) is 30.0. The number of aromatic nitrogens is 3. The minimum Gasteiger partial charge on any atom is -0.404 e. The molecule has 0 aliphatic carbocycles. The molecule has 41 heavy (non-hydrogen) atoms. The lowest BCUT2D eigenvalue weighted by Crippen LogP contribution is -2.24. The third-order valence-corrected chi connectivity index (χ3v) is 7.26. The Balaban J connectivity index is 1.39. The van der Waals surface area contributed by atoms with Crippen LogP contribution in [0, 0.1) is 6.92 Å². The van der Waals surface area contributed by atoms with Crippen LogP contribution in [0.15, 0.2) is 85.1 Å². The number of amides is 1. The number of halogens is 4. The second-order valence-corrected chi connectivity index (χ2v) is 10.6. The van der Waals surface area contributed by atoms with Crippen molar-refractivity contribution in [1.29, 1.82) is 0 Å². The topological polar surface area (TPSA) is 86.1 Å². The predicted molar refractivity (Wildman–Crippen MR) is 161 cm³/mol. The standard InChI is InChI=1S/C30H20Cl4N4O3/c1-17-27(37-38(25-11-10-21(32)15-24(25)34)28(17)19-6-8-20(31)9-7-19)29(39)36-16-18-12-13-35-26(14-18)41-30(40)22-4-2-3-5-23(22)33/h2-15H,16H2,1H3,(H,36,39). The lowest BCUT2D eigenvalue weighted by atomic mass is 10.1. The quantitative estimate of drug-likeness (QED) is 0.185. The molecular formula is C30H20Cl4N4O3. The van der Waals surface area contributed by atoms with Crippen LogP contribution in [0.2, 0.25) is 20.1 Å². The van der Waals surface area contributed by atoms with E-state index in [0.29, 0.717) is 37.6 Å². The van der Waals surface area contributed by atoms with E-state index in [1.807, 2.05) is 19.1 Å². The maximum Gasteiger partial charge on any atom is 0.346 e. The van der Waals surface area contributed by atoms with Gasteiger partial charge in [0.1, 0.15) is 0 Å². The van der Waals surface area contributed by atoms with Gasteiger partial charge in [-0.2, -0.15) is 5.10 Å².